The number of allylic oxidation sites excluding steroid dienone is 1. The Bertz CT molecular complexity index is 1770. The van der Waals surface area contributed by atoms with E-state index < -0.39 is 83.7 Å². The number of unbranched alkanes of at least 4 members (excludes halogenated alkanes) is 17. The summed E-state index contributed by atoms with van der Waals surface area (Å²) in [7, 11) is -10.8. The van der Waals surface area contributed by atoms with Crippen molar-refractivity contribution in [2.45, 2.75) is 224 Å². The summed E-state index contributed by atoms with van der Waals surface area (Å²) in [5, 5.41) is 20.9. The van der Waals surface area contributed by atoms with Crippen molar-refractivity contribution in [3.8, 4) is 0 Å². The molecule has 68 heavy (non-hydrogen) atoms. The number of carbonyl (C=O) groups excluding carboxylic acids is 2. The zero-order chi connectivity index (χ0) is 49.8. The van der Waals surface area contributed by atoms with Gasteiger partial charge in [-0.2, -0.15) is 9.29 Å². The number of phosphoric acid groups is 2. The van der Waals surface area contributed by atoms with Gasteiger partial charge < -0.3 is 44.7 Å². The minimum Gasteiger partial charge on any atom is -0.462 e. The minimum atomic E-state index is -5.43. The van der Waals surface area contributed by atoms with Gasteiger partial charge in [0.05, 0.1) is 25.4 Å². The third kappa shape index (κ3) is 26.1. The fraction of sp³-hybridized carbons (Fsp3) is 0.830. The molecule has 392 valence electrons. The molecule has 0 saturated carbocycles. The summed E-state index contributed by atoms with van der Waals surface area (Å²) in [6.07, 6.45) is 23.2. The number of nitrogens with two attached hydrogens (primary N) is 1. The van der Waals surface area contributed by atoms with Crippen LogP contribution in [-0.2, 0) is 51.0 Å². The fourth-order valence-electron chi connectivity index (χ4n) is 7.92. The molecule has 0 bridgehead atoms. The number of nitrogens with zero attached hydrogens (tertiary/aromatic N) is 2. The van der Waals surface area contributed by atoms with Gasteiger partial charge in [-0.3, -0.25) is 23.2 Å². The molecular formula is C47H83N3O16P2. The monoisotopic (exact) mass is 1010 g/mol. The first-order chi connectivity index (χ1) is 32.5. The van der Waals surface area contributed by atoms with E-state index in [0.717, 1.165) is 87.3 Å². The zero-order valence-corrected chi connectivity index (χ0v) is 42.6. The van der Waals surface area contributed by atoms with Crippen LogP contribution in [0.1, 0.15) is 188 Å². The summed E-state index contributed by atoms with van der Waals surface area (Å²) >= 11 is 0. The van der Waals surface area contributed by atoms with Crippen LogP contribution >= 0.6 is 15.6 Å². The molecule has 2 aliphatic rings. The van der Waals surface area contributed by atoms with E-state index in [4.69, 9.17) is 33.7 Å². The lowest BCUT2D eigenvalue weighted by Crippen LogP contribution is -2.36. The number of aliphatic hydroxyl groups is 2. The van der Waals surface area contributed by atoms with Gasteiger partial charge in [-0.1, -0.05) is 142 Å². The SMILES string of the molecule is CCCCC/C=C\CC1OC1CCCCCCCC(=O)OC[C@H](COP(=O)(O)OP(=O)(O)OC[C@H]1O[C@@H](n2ccc(N)nc2=O)[C@H](O)[C@@H]1O)OC(=O)CCCCCCCCCCCCCC(C)C. The first-order valence-corrected chi connectivity index (χ1v) is 28.2. The Labute approximate surface area is 403 Å². The van der Waals surface area contributed by atoms with Gasteiger partial charge in [0.25, 0.3) is 0 Å². The van der Waals surface area contributed by atoms with Crippen LogP contribution < -0.4 is 11.4 Å². The molecule has 19 nitrogen and oxygen atoms in total. The summed E-state index contributed by atoms with van der Waals surface area (Å²) in [6, 6.07) is 1.25. The predicted molar refractivity (Wildman–Crippen MR) is 256 cm³/mol. The van der Waals surface area contributed by atoms with E-state index in [9.17, 15) is 43.5 Å². The average molecular weight is 1010 g/mol. The number of hydrogen-bond acceptors (Lipinski definition) is 16. The van der Waals surface area contributed by atoms with Gasteiger partial charge in [-0.25, -0.2) is 13.9 Å². The average Bonchev–Trinajstić information content (AvgIpc) is 3.97. The van der Waals surface area contributed by atoms with Gasteiger partial charge in [-0.15, -0.1) is 0 Å². The minimum absolute atomic E-state index is 0.0472. The maximum absolute atomic E-state index is 12.9. The largest absolute Gasteiger partial charge is 0.481 e. The number of esters is 2. The highest BCUT2D eigenvalue weighted by molar-refractivity contribution is 7.61. The van der Waals surface area contributed by atoms with Crippen LogP contribution in [-0.4, -0.2) is 97.9 Å². The molecule has 0 radical (unpaired) electrons. The molecule has 3 rings (SSSR count). The molecule has 3 heterocycles. The van der Waals surface area contributed by atoms with Crippen molar-refractivity contribution >= 4 is 33.4 Å². The van der Waals surface area contributed by atoms with Crippen molar-refractivity contribution in [1.82, 2.24) is 9.55 Å². The number of phosphoric ester groups is 2. The molecule has 0 aliphatic carbocycles. The summed E-state index contributed by atoms with van der Waals surface area (Å²) in [6.45, 7) is 4.40. The van der Waals surface area contributed by atoms with E-state index in [0.29, 0.717) is 25.0 Å². The number of hydrogen-bond donors (Lipinski definition) is 5. The lowest BCUT2D eigenvalue weighted by Gasteiger charge is -2.21. The van der Waals surface area contributed by atoms with Crippen LogP contribution in [0, 0.1) is 5.92 Å². The molecule has 2 fully saturated rings. The molecule has 9 atom stereocenters. The van der Waals surface area contributed by atoms with Gasteiger partial charge >= 0.3 is 33.3 Å². The van der Waals surface area contributed by atoms with Gasteiger partial charge in [0.2, 0.25) is 0 Å². The van der Waals surface area contributed by atoms with E-state index >= 15 is 0 Å². The molecule has 0 spiro atoms. The second-order valence-electron chi connectivity index (χ2n) is 18.5. The maximum Gasteiger partial charge on any atom is 0.481 e. The number of carbonyl (C=O) groups is 2. The molecule has 0 amide bonds. The number of nitrogen functional groups attached to an aromatic ring is 1. The second kappa shape index (κ2) is 33.2. The Morgan fingerprint density at radius 1 is 0.765 bits per heavy atom. The number of anilines is 1. The Balaban J connectivity index is 1.40. The Morgan fingerprint density at radius 3 is 2.00 bits per heavy atom. The van der Waals surface area contributed by atoms with Crippen molar-refractivity contribution in [2.24, 2.45) is 5.92 Å². The predicted octanol–water partition coefficient (Wildman–Crippen LogP) is 8.90. The van der Waals surface area contributed by atoms with Gasteiger partial charge in [0.1, 0.15) is 30.7 Å². The van der Waals surface area contributed by atoms with Crippen LogP contribution in [0.2, 0.25) is 0 Å². The highest BCUT2D eigenvalue weighted by Crippen LogP contribution is 2.60. The highest BCUT2D eigenvalue weighted by atomic mass is 31.3. The van der Waals surface area contributed by atoms with Crippen molar-refractivity contribution in [3.05, 3.63) is 34.9 Å². The Hall–Kier alpha value is -2.54. The van der Waals surface area contributed by atoms with Crippen molar-refractivity contribution in [2.75, 3.05) is 25.6 Å². The summed E-state index contributed by atoms with van der Waals surface area (Å²) in [5.74, 6) is -0.552. The van der Waals surface area contributed by atoms with Crippen LogP contribution in [0.4, 0.5) is 5.82 Å². The lowest BCUT2D eigenvalue weighted by atomic mass is 10.0. The van der Waals surface area contributed by atoms with Crippen LogP contribution in [0.5, 0.6) is 0 Å². The standard InChI is InChI=1S/C47H83N3O16P2/c1-4-5-6-7-17-22-27-38-39(64-38)28-23-18-15-20-24-29-42(51)60-33-37(63-43(52)30-25-19-14-12-10-8-9-11-13-16-21-26-36(2)3)34-61-67(56,57)66-68(58,59)62-35-40-44(53)45(54)46(65-40)50-32-31-41(48)49-47(50)55/h17,22,31-32,36-40,44-46,53-54H,4-16,18-21,23-30,33-35H2,1-3H3,(H,56,57)(H,58,59)(H2,48,49,55)/b22-17-/t37-,38?,39?,40-,44-,45-,46-/m1/s1. The molecular weight excluding hydrogens is 924 g/mol. The smallest absolute Gasteiger partial charge is 0.462 e. The van der Waals surface area contributed by atoms with E-state index in [2.05, 4.69) is 42.2 Å². The van der Waals surface area contributed by atoms with Gasteiger partial charge in [0, 0.05) is 19.0 Å². The van der Waals surface area contributed by atoms with E-state index in [1.807, 2.05) is 0 Å². The number of rotatable bonds is 40. The van der Waals surface area contributed by atoms with E-state index in [-0.39, 0.29) is 18.7 Å². The van der Waals surface area contributed by atoms with Gasteiger partial charge in [0.15, 0.2) is 12.3 Å². The normalized spacial score (nSPS) is 22.6. The summed E-state index contributed by atoms with van der Waals surface area (Å²) in [4.78, 5) is 61.9. The molecule has 0 aromatic carbocycles. The van der Waals surface area contributed by atoms with Crippen molar-refractivity contribution in [1.29, 1.82) is 0 Å². The Kier molecular flexibility index (Phi) is 29.2. The molecule has 6 N–H and O–H groups in total. The van der Waals surface area contributed by atoms with E-state index in [1.54, 1.807) is 0 Å². The number of ether oxygens (including phenoxy) is 4. The second-order valence-corrected chi connectivity index (χ2v) is 21.6. The molecule has 2 saturated heterocycles. The fourth-order valence-corrected chi connectivity index (χ4v) is 10.0. The maximum atomic E-state index is 12.9. The van der Waals surface area contributed by atoms with Crippen molar-refractivity contribution in [3.63, 3.8) is 0 Å². The van der Waals surface area contributed by atoms with Crippen LogP contribution in [0.25, 0.3) is 0 Å². The molecule has 1 aromatic heterocycles. The van der Waals surface area contributed by atoms with Crippen molar-refractivity contribution < 1.29 is 71.0 Å². The molecule has 1 aromatic rings. The quantitative estimate of drug-likeness (QED) is 0.0135. The molecule has 21 heteroatoms. The number of aromatic nitrogens is 2. The third-order valence-electron chi connectivity index (χ3n) is 12.0. The summed E-state index contributed by atoms with van der Waals surface area (Å²) < 4.78 is 62.6. The zero-order valence-electron chi connectivity index (χ0n) is 40.8. The van der Waals surface area contributed by atoms with E-state index in [1.165, 1.54) is 70.3 Å². The molecule has 4 unspecified atom stereocenters. The number of aliphatic hydroxyl groups excluding tert-OH is 2. The number of epoxide rings is 1. The van der Waals surface area contributed by atoms with Crippen LogP contribution in [0.3, 0.4) is 0 Å². The molecule has 2 aliphatic heterocycles. The highest BCUT2D eigenvalue weighted by Gasteiger charge is 2.46. The first-order valence-electron chi connectivity index (χ1n) is 25.2. The first kappa shape index (κ1) is 59.8. The van der Waals surface area contributed by atoms with Gasteiger partial charge in [-0.05, 0) is 50.5 Å². The summed E-state index contributed by atoms with van der Waals surface area (Å²) in [5.41, 5.74) is 4.59. The Morgan fingerprint density at radius 2 is 1.37 bits per heavy atom. The topological polar surface area (TPSA) is 278 Å². The third-order valence-corrected chi connectivity index (χ3v) is 14.6. The lowest BCUT2D eigenvalue weighted by molar-refractivity contribution is -0.161. The van der Waals surface area contributed by atoms with Crippen LogP contribution in [0.15, 0.2) is 29.2 Å².